The summed E-state index contributed by atoms with van der Waals surface area (Å²) in [5, 5.41) is 15.5. The van der Waals surface area contributed by atoms with Gasteiger partial charge in [0.2, 0.25) is 0 Å². The van der Waals surface area contributed by atoms with E-state index in [2.05, 4.69) is 26.6 Å². The zero-order valence-corrected chi connectivity index (χ0v) is 12.5. The fourth-order valence-electron chi connectivity index (χ4n) is 2.92. The Bertz CT molecular complexity index is 648. The van der Waals surface area contributed by atoms with Crippen molar-refractivity contribution >= 4 is 5.91 Å². The lowest BCUT2D eigenvalue weighted by atomic mass is 10.0. The topological polar surface area (TPSA) is 97.7 Å². The molecule has 3 rings (SSSR count). The smallest absolute Gasteiger partial charge is 0.255 e. The maximum Gasteiger partial charge on any atom is 0.255 e. The Morgan fingerprint density at radius 1 is 1.45 bits per heavy atom. The van der Waals surface area contributed by atoms with E-state index in [-0.39, 0.29) is 18.1 Å². The summed E-state index contributed by atoms with van der Waals surface area (Å²) < 4.78 is 1.90. The molecule has 0 bridgehead atoms. The highest BCUT2D eigenvalue weighted by Gasteiger charge is 2.38. The van der Waals surface area contributed by atoms with E-state index in [1.807, 2.05) is 4.68 Å². The number of amides is 1. The van der Waals surface area contributed by atoms with Gasteiger partial charge in [0.25, 0.3) is 5.91 Å². The van der Waals surface area contributed by atoms with Crippen LogP contribution >= 0.6 is 0 Å². The van der Waals surface area contributed by atoms with Crippen LogP contribution in [0.5, 0.6) is 0 Å². The van der Waals surface area contributed by atoms with Gasteiger partial charge in [0.15, 0.2) is 5.66 Å². The molecule has 0 saturated heterocycles. The molecular formula is C15H20N6O. The standard InChI is InChI=1S/C15H20N6O/c1-2-3-6-15(19-20-15)7-8-17-14(22)13-11(10-16)18-21-9-4-5-12(13)21/h1H,3-10,16H2,(H,17,22). The third kappa shape index (κ3) is 2.74. The summed E-state index contributed by atoms with van der Waals surface area (Å²) >= 11 is 0. The Labute approximate surface area is 129 Å². The molecule has 1 aromatic rings. The molecule has 1 amide bonds. The first-order valence-electron chi connectivity index (χ1n) is 7.63. The molecule has 7 heteroatoms. The normalized spacial score (nSPS) is 17.1. The summed E-state index contributed by atoms with van der Waals surface area (Å²) in [6.45, 7) is 1.66. The highest BCUT2D eigenvalue weighted by molar-refractivity contribution is 5.96. The van der Waals surface area contributed by atoms with Gasteiger partial charge < -0.3 is 11.1 Å². The quantitative estimate of drug-likeness (QED) is 0.734. The van der Waals surface area contributed by atoms with Gasteiger partial charge in [-0.15, -0.1) is 12.3 Å². The summed E-state index contributed by atoms with van der Waals surface area (Å²) in [7, 11) is 0. The van der Waals surface area contributed by atoms with Crippen LogP contribution in [0.1, 0.15) is 47.4 Å². The fourth-order valence-corrected chi connectivity index (χ4v) is 2.92. The second-order valence-corrected chi connectivity index (χ2v) is 5.69. The molecule has 0 unspecified atom stereocenters. The van der Waals surface area contributed by atoms with Gasteiger partial charge in [0, 0.05) is 38.9 Å². The molecule has 0 aliphatic carbocycles. The Balaban J connectivity index is 1.58. The van der Waals surface area contributed by atoms with Crippen molar-refractivity contribution in [2.24, 2.45) is 16.0 Å². The average molecular weight is 300 g/mol. The number of terminal acetylenes is 1. The third-order valence-corrected chi connectivity index (χ3v) is 4.20. The number of carbonyl (C=O) groups excluding carboxylic acids is 1. The molecular weight excluding hydrogens is 280 g/mol. The van der Waals surface area contributed by atoms with Crippen molar-refractivity contribution in [2.75, 3.05) is 6.54 Å². The number of aromatic nitrogens is 2. The Kier molecular flexibility index (Phi) is 3.94. The Hall–Kier alpha value is -2.20. The SMILES string of the molecule is C#CCCC1(CCNC(=O)c2c(CN)nn3c2CCC3)N=N1. The van der Waals surface area contributed by atoms with Crippen LogP contribution in [0.25, 0.3) is 0 Å². The Morgan fingerprint density at radius 2 is 2.27 bits per heavy atom. The predicted molar refractivity (Wildman–Crippen MR) is 81.0 cm³/mol. The minimum atomic E-state index is -0.364. The third-order valence-electron chi connectivity index (χ3n) is 4.20. The molecule has 0 spiro atoms. The summed E-state index contributed by atoms with van der Waals surface area (Å²) in [4.78, 5) is 12.5. The lowest BCUT2D eigenvalue weighted by molar-refractivity contribution is 0.0950. The van der Waals surface area contributed by atoms with Gasteiger partial charge in [0.1, 0.15) is 0 Å². The first kappa shape index (κ1) is 14.7. The van der Waals surface area contributed by atoms with Gasteiger partial charge in [-0.25, -0.2) is 0 Å². The first-order chi connectivity index (χ1) is 10.7. The molecule has 0 atom stereocenters. The molecule has 1 aromatic heterocycles. The van der Waals surface area contributed by atoms with E-state index < -0.39 is 0 Å². The van der Waals surface area contributed by atoms with Crippen LogP contribution in [0.15, 0.2) is 10.2 Å². The van der Waals surface area contributed by atoms with E-state index in [1.165, 1.54) is 0 Å². The van der Waals surface area contributed by atoms with Crippen LogP contribution in [0.3, 0.4) is 0 Å². The molecule has 3 N–H and O–H groups in total. The molecule has 0 fully saturated rings. The average Bonchev–Trinajstić information content (AvgIpc) is 2.98. The lowest BCUT2D eigenvalue weighted by Crippen LogP contribution is -2.29. The van der Waals surface area contributed by atoms with E-state index in [0.29, 0.717) is 30.6 Å². The predicted octanol–water partition coefficient (Wildman–Crippen LogP) is 0.983. The number of fused-ring (bicyclic) bond motifs is 1. The van der Waals surface area contributed by atoms with Crippen LogP contribution in [-0.2, 0) is 19.5 Å². The largest absolute Gasteiger partial charge is 0.352 e. The van der Waals surface area contributed by atoms with Crippen molar-refractivity contribution < 1.29 is 4.79 Å². The van der Waals surface area contributed by atoms with Crippen molar-refractivity contribution in [3.8, 4) is 12.3 Å². The van der Waals surface area contributed by atoms with Gasteiger partial charge in [0.05, 0.1) is 17.0 Å². The molecule has 0 aromatic carbocycles. The van der Waals surface area contributed by atoms with Gasteiger partial charge >= 0.3 is 0 Å². The molecule has 3 heterocycles. The molecule has 0 saturated carbocycles. The fraction of sp³-hybridized carbons (Fsp3) is 0.600. The second-order valence-electron chi connectivity index (χ2n) is 5.69. The minimum Gasteiger partial charge on any atom is -0.352 e. The summed E-state index contributed by atoms with van der Waals surface area (Å²) in [5.41, 5.74) is 7.68. The maximum atomic E-state index is 12.5. The van der Waals surface area contributed by atoms with Crippen LogP contribution < -0.4 is 11.1 Å². The number of hydrogen-bond acceptors (Lipinski definition) is 5. The monoisotopic (exact) mass is 300 g/mol. The van der Waals surface area contributed by atoms with Gasteiger partial charge in [-0.05, 0) is 12.8 Å². The highest BCUT2D eigenvalue weighted by Crippen LogP contribution is 2.36. The van der Waals surface area contributed by atoms with E-state index in [1.54, 1.807) is 0 Å². The number of carbonyl (C=O) groups is 1. The van der Waals surface area contributed by atoms with Crippen molar-refractivity contribution in [1.29, 1.82) is 0 Å². The molecule has 0 radical (unpaired) electrons. The minimum absolute atomic E-state index is 0.101. The zero-order valence-electron chi connectivity index (χ0n) is 12.5. The van der Waals surface area contributed by atoms with E-state index in [0.717, 1.165) is 31.5 Å². The van der Waals surface area contributed by atoms with Gasteiger partial charge in [-0.2, -0.15) is 15.3 Å². The molecule has 2 aliphatic heterocycles. The number of hydrogen-bond donors (Lipinski definition) is 2. The number of aryl methyl sites for hydroxylation is 1. The van der Waals surface area contributed by atoms with Crippen molar-refractivity contribution in [3.63, 3.8) is 0 Å². The number of nitrogens with one attached hydrogen (secondary N) is 1. The maximum absolute atomic E-state index is 12.5. The van der Waals surface area contributed by atoms with Crippen LogP contribution in [0.2, 0.25) is 0 Å². The van der Waals surface area contributed by atoms with E-state index >= 15 is 0 Å². The summed E-state index contributed by atoms with van der Waals surface area (Å²) in [6, 6.07) is 0. The van der Waals surface area contributed by atoms with Crippen molar-refractivity contribution in [2.45, 2.75) is 50.9 Å². The molecule has 7 nitrogen and oxygen atoms in total. The summed E-state index contributed by atoms with van der Waals surface area (Å²) in [5.74, 6) is 2.50. The number of nitrogens with two attached hydrogens (primary N) is 1. The zero-order chi connectivity index (χ0) is 15.6. The van der Waals surface area contributed by atoms with Crippen LogP contribution in [-0.4, -0.2) is 27.9 Å². The lowest BCUT2D eigenvalue weighted by Gasteiger charge is -2.10. The second kappa shape index (κ2) is 5.89. The summed E-state index contributed by atoms with van der Waals surface area (Å²) in [6.07, 6.45) is 9.25. The van der Waals surface area contributed by atoms with Crippen LogP contribution in [0.4, 0.5) is 0 Å². The van der Waals surface area contributed by atoms with Gasteiger partial charge in [-0.1, -0.05) is 0 Å². The molecule has 2 aliphatic rings. The van der Waals surface area contributed by atoms with Crippen molar-refractivity contribution in [1.82, 2.24) is 15.1 Å². The Morgan fingerprint density at radius 3 is 2.95 bits per heavy atom. The highest BCUT2D eigenvalue weighted by atomic mass is 16.1. The number of nitrogens with zero attached hydrogens (tertiary/aromatic N) is 4. The molecule has 116 valence electrons. The molecule has 22 heavy (non-hydrogen) atoms. The number of rotatable bonds is 7. The van der Waals surface area contributed by atoms with Crippen LogP contribution in [0, 0.1) is 12.3 Å². The van der Waals surface area contributed by atoms with Crippen molar-refractivity contribution in [3.05, 3.63) is 17.0 Å². The van der Waals surface area contributed by atoms with E-state index in [4.69, 9.17) is 12.2 Å². The first-order valence-corrected chi connectivity index (χ1v) is 7.63. The van der Waals surface area contributed by atoms with E-state index in [9.17, 15) is 4.79 Å². The van der Waals surface area contributed by atoms with Gasteiger partial charge in [-0.3, -0.25) is 9.48 Å².